The number of hydrogen-bond donors (Lipinski definition) is 0. The average molecular weight is 291 g/mol. The zero-order valence-corrected chi connectivity index (χ0v) is 11.8. The van der Waals surface area contributed by atoms with Crippen LogP contribution in [-0.2, 0) is 11.3 Å². The zero-order valence-electron chi connectivity index (χ0n) is 11.8. The number of ether oxygens (including phenoxy) is 2. The van der Waals surface area contributed by atoms with E-state index < -0.39 is 5.97 Å². The molecule has 1 heterocycles. The van der Waals surface area contributed by atoms with E-state index in [2.05, 4.69) is 4.98 Å². The molecule has 2 aromatic rings. The van der Waals surface area contributed by atoms with Gasteiger partial charge in [-0.25, -0.2) is 4.98 Å². The topological polar surface area (TPSA) is 93.5 Å². The van der Waals surface area contributed by atoms with Gasteiger partial charge in [0.05, 0.1) is 31.4 Å². The number of methoxy groups -OCH3 is 2. The summed E-state index contributed by atoms with van der Waals surface area (Å²) in [7, 11) is 2.99. The Bertz CT molecular complexity index is 723. The van der Waals surface area contributed by atoms with Crippen LogP contribution in [0.25, 0.3) is 10.9 Å². The normalized spacial score (nSPS) is 10.6. The van der Waals surface area contributed by atoms with Gasteiger partial charge in [0, 0.05) is 18.6 Å². The van der Waals surface area contributed by atoms with Gasteiger partial charge in [-0.2, -0.15) is 0 Å². The molecule has 0 amide bonds. The first-order valence-electron chi connectivity index (χ1n) is 6.38. The third kappa shape index (κ3) is 3.13. The van der Waals surface area contributed by atoms with Crippen LogP contribution in [0.2, 0.25) is 0 Å². The number of aromatic nitrogens is 2. The lowest BCUT2D eigenvalue weighted by molar-refractivity contribution is -0.305. The number of carbonyl (C=O) groups excluding carboxylic acids is 1. The summed E-state index contributed by atoms with van der Waals surface area (Å²) < 4.78 is 11.7. The maximum absolute atomic E-state index is 12.3. The molecule has 1 aromatic heterocycles. The number of nitrogens with zero attached hydrogens (tertiary/aromatic N) is 2. The predicted molar refractivity (Wildman–Crippen MR) is 73.3 cm³/mol. The van der Waals surface area contributed by atoms with Crippen LogP contribution >= 0.6 is 0 Å². The summed E-state index contributed by atoms with van der Waals surface area (Å²) in [5.74, 6) is -0.203. The van der Waals surface area contributed by atoms with E-state index in [9.17, 15) is 14.7 Å². The van der Waals surface area contributed by atoms with E-state index in [-0.39, 0.29) is 18.5 Å². The van der Waals surface area contributed by atoms with E-state index in [1.807, 2.05) is 0 Å². The molecule has 7 heteroatoms. The fourth-order valence-corrected chi connectivity index (χ4v) is 2.04. The Hall–Kier alpha value is -2.57. The molecule has 0 fully saturated rings. The van der Waals surface area contributed by atoms with Crippen LogP contribution in [0.3, 0.4) is 0 Å². The fourth-order valence-electron chi connectivity index (χ4n) is 2.04. The Labute approximate surface area is 120 Å². The van der Waals surface area contributed by atoms with Crippen LogP contribution < -0.4 is 20.1 Å². The minimum atomic E-state index is -1.14. The summed E-state index contributed by atoms with van der Waals surface area (Å²) in [6.07, 6.45) is 1.60. The lowest BCUT2D eigenvalue weighted by Gasteiger charge is -2.10. The molecule has 0 N–H and O–H groups in total. The summed E-state index contributed by atoms with van der Waals surface area (Å²) in [5.41, 5.74) is 0.244. The standard InChI is InChI=1S/C14H16N2O5/c1-20-11-6-9-10(7-12(11)21-2)15-8-16(14(9)19)5-3-4-13(17)18/h6-8H,3-5H2,1-2H3,(H,17,18)/p-1. The second kappa shape index (κ2) is 6.25. The van der Waals surface area contributed by atoms with Crippen molar-refractivity contribution in [3.63, 3.8) is 0 Å². The molecule has 0 saturated heterocycles. The number of fused-ring (bicyclic) bond motifs is 1. The molecule has 0 unspecified atom stereocenters. The predicted octanol–water partition coefficient (Wildman–Crippen LogP) is -0.0562. The third-order valence-electron chi connectivity index (χ3n) is 3.11. The van der Waals surface area contributed by atoms with Gasteiger partial charge in [0.15, 0.2) is 11.5 Å². The number of rotatable bonds is 6. The third-order valence-corrected chi connectivity index (χ3v) is 3.11. The van der Waals surface area contributed by atoms with Crippen molar-refractivity contribution >= 4 is 16.9 Å². The molecule has 0 aliphatic rings. The molecule has 0 atom stereocenters. The van der Waals surface area contributed by atoms with Gasteiger partial charge >= 0.3 is 0 Å². The van der Waals surface area contributed by atoms with E-state index in [0.29, 0.717) is 28.8 Å². The highest BCUT2D eigenvalue weighted by atomic mass is 16.5. The van der Waals surface area contributed by atoms with Crippen LogP contribution in [-0.4, -0.2) is 29.7 Å². The van der Waals surface area contributed by atoms with Crippen molar-refractivity contribution in [1.82, 2.24) is 9.55 Å². The van der Waals surface area contributed by atoms with E-state index in [4.69, 9.17) is 9.47 Å². The molecule has 0 bridgehead atoms. The number of carbonyl (C=O) groups is 1. The van der Waals surface area contributed by atoms with E-state index in [1.165, 1.54) is 25.1 Å². The molecule has 7 nitrogen and oxygen atoms in total. The summed E-state index contributed by atoms with van der Waals surface area (Å²) in [5, 5.41) is 10.8. The molecule has 0 aliphatic heterocycles. The Kier molecular flexibility index (Phi) is 4.42. The number of benzene rings is 1. The molecule has 0 radical (unpaired) electrons. The van der Waals surface area contributed by atoms with Crippen molar-refractivity contribution in [1.29, 1.82) is 0 Å². The summed E-state index contributed by atoms with van der Waals surface area (Å²) in [4.78, 5) is 26.9. The first-order chi connectivity index (χ1) is 10.1. The Morgan fingerprint density at radius 1 is 1.29 bits per heavy atom. The molecule has 0 spiro atoms. The molecular weight excluding hydrogens is 276 g/mol. The number of hydrogen-bond acceptors (Lipinski definition) is 6. The monoisotopic (exact) mass is 291 g/mol. The number of aryl methyl sites for hydroxylation is 1. The highest BCUT2D eigenvalue weighted by Crippen LogP contribution is 2.29. The van der Waals surface area contributed by atoms with Gasteiger partial charge in [-0.3, -0.25) is 9.36 Å². The van der Waals surface area contributed by atoms with Crippen molar-refractivity contribution in [3.05, 3.63) is 28.8 Å². The number of carboxylic acids is 1. The lowest BCUT2D eigenvalue weighted by Crippen LogP contribution is -2.24. The SMILES string of the molecule is COc1cc2ncn(CCCC(=O)[O-])c(=O)c2cc1OC. The first-order valence-corrected chi connectivity index (χ1v) is 6.38. The van der Waals surface area contributed by atoms with E-state index in [1.54, 1.807) is 12.1 Å². The molecule has 1 aromatic carbocycles. The Morgan fingerprint density at radius 3 is 2.57 bits per heavy atom. The van der Waals surface area contributed by atoms with Crippen molar-refractivity contribution in [2.75, 3.05) is 14.2 Å². The zero-order chi connectivity index (χ0) is 15.4. The summed E-state index contributed by atoms with van der Waals surface area (Å²) >= 11 is 0. The molecule has 0 aliphatic carbocycles. The van der Waals surface area contributed by atoms with Crippen LogP contribution in [0, 0.1) is 0 Å². The number of aliphatic carboxylic acids is 1. The van der Waals surface area contributed by atoms with Crippen molar-refractivity contribution in [2.45, 2.75) is 19.4 Å². The van der Waals surface area contributed by atoms with E-state index in [0.717, 1.165) is 0 Å². The molecule has 112 valence electrons. The highest BCUT2D eigenvalue weighted by Gasteiger charge is 2.10. The van der Waals surface area contributed by atoms with Crippen LogP contribution in [0.5, 0.6) is 11.5 Å². The van der Waals surface area contributed by atoms with Crippen LogP contribution in [0.1, 0.15) is 12.8 Å². The van der Waals surface area contributed by atoms with Gasteiger partial charge in [-0.05, 0) is 18.9 Å². The highest BCUT2D eigenvalue weighted by molar-refractivity contribution is 5.81. The quantitative estimate of drug-likeness (QED) is 0.740. The van der Waals surface area contributed by atoms with Gasteiger partial charge in [-0.1, -0.05) is 0 Å². The van der Waals surface area contributed by atoms with Crippen LogP contribution in [0.4, 0.5) is 0 Å². The Balaban J connectivity index is 2.41. The molecule has 0 saturated carbocycles. The van der Waals surface area contributed by atoms with Gasteiger partial charge in [0.2, 0.25) is 0 Å². The summed E-state index contributed by atoms with van der Waals surface area (Å²) in [6.45, 7) is 0.268. The second-order valence-corrected chi connectivity index (χ2v) is 4.44. The first kappa shape index (κ1) is 14.8. The van der Waals surface area contributed by atoms with Crippen LogP contribution in [0.15, 0.2) is 23.3 Å². The maximum atomic E-state index is 12.3. The largest absolute Gasteiger partial charge is 0.550 e. The second-order valence-electron chi connectivity index (χ2n) is 4.44. The number of carboxylic acid groups (broad SMARTS) is 1. The van der Waals surface area contributed by atoms with Crippen molar-refractivity contribution < 1.29 is 19.4 Å². The molecule has 21 heavy (non-hydrogen) atoms. The minimum Gasteiger partial charge on any atom is -0.550 e. The maximum Gasteiger partial charge on any atom is 0.261 e. The molecule has 2 rings (SSSR count). The van der Waals surface area contributed by atoms with E-state index >= 15 is 0 Å². The molecular formula is C14H15N2O5-. The average Bonchev–Trinajstić information content (AvgIpc) is 2.48. The van der Waals surface area contributed by atoms with Crippen molar-refractivity contribution in [3.8, 4) is 11.5 Å². The van der Waals surface area contributed by atoms with Gasteiger partial charge in [0.25, 0.3) is 5.56 Å². The fraction of sp³-hybridized carbons (Fsp3) is 0.357. The van der Waals surface area contributed by atoms with Crippen molar-refractivity contribution in [2.24, 2.45) is 0 Å². The minimum absolute atomic E-state index is 0.101. The van der Waals surface area contributed by atoms with Gasteiger partial charge < -0.3 is 19.4 Å². The lowest BCUT2D eigenvalue weighted by atomic mass is 10.2. The van der Waals surface area contributed by atoms with Gasteiger partial charge in [-0.15, -0.1) is 0 Å². The summed E-state index contributed by atoms with van der Waals surface area (Å²) in [6, 6.07) is 3.19. The van der Waals surface area contributed by atoms with Gasteiger partial charge in [0.1, 0.15) is 0 Å². The smallest absolute Gasteiger partial charge is 0.261 e. The Morgan fingerprint density at radius 2 is 1.95 bits per heavy atom.